The molecule has 2 heterocycles. The third kappa shape index (κ3) is 4.44. The van der Waals surface area contributed by atoms with E-state index in [2.05, 4.69) is 15.3 Å². The summed E-state index contributed by atoms with van der Waals surface area (Å²) in [6, 6.07) is 22.7. The fraction of sp³-hybridized carbons (Fsp3) is 0.200. The number of nitrogens with one attached hydrogen (secondary N) is 2. The highest BCUT2D eigenvalue weighted by atomic mass is 16.5. The number of carbonyl (C=O) groups is 1. The average Bonchev–Trinajstić information content (AvgIpc) is 3.48. The van der Waals surface area contributed by atoms with Crippen LogP contribution < -0.4 is 10.1 Å². The summed E-state index contributed by atoms with van der Waals surface area (Å²) in [5.74, 6) is 1.33. The number of imidazole rings is 1. The number of benzene rings is 3. The minimum atomic E-state index is -0.174. The molecule has 1 aliphatic heterocycles. The minimum Gasteiger partial charge on any atom is -0.491 e. The fourth-order valence-corrected chi connectivity index (χ4v) is 3.70. The van der Waals surface area contributed by atoms with Crippen LogP contribution in [0.3, 0.4) is 0 Å². The molecule has 0 aliphatic carbocycles. The first-order valence-corrected chi connectivity index (χ1v) is 10.5. The fourth-order valence-electron chi connectivity index (χ4n) is 3.70. The number of amides is 1. The number of aromatic nitrogens is 2. The number of H-pyrrole nitrogens is 1. The molecule has 1 fully saturated rings. The number of fused-ring (bicyclic) bond motifs is 1. The Hall–Kier alpha value is -3.64. The van der Waals surface area contributed by atoms with Crippen LogP contribution in [0.4, 0.5) is 5.69 Å². The van der Waals surface area contributed by atoms with E-state index >= 15 is 0 Å². The molecule has 0 bridgehead atoms. The zero-order valence-electron chi connectivity index (χ0n) is 17.0. The van der Waals surface area contributed by atoms with E-state index in [-0.39, 0.29) is 12.0 Å². The molecule has 1 unspecified atom stereocenters. The second-order valence-corrected chi connectivity index (χ2v) is 7.61. The highest BCUT2D eigenvalue weighted by Gasteiger charge is 2.16. The second kappa shape index (κ2) is 8.62. The van der Waals surface area contributed by atoms with Crippen molar-refractivity contribution in [2.24, 2.45) is 0 Å². The molecule has 6 heteroatoms. The quantitative estimate of drug-likeness (QED) is 0.464. The van der Waals surface area contributed by atoms with Gasteiger partial charge < -0.3 is 19.8 Å². The number of nitrogens with zero attached hydrogens (tertiary/aromatic N) is 1. The highest BCUT2D eigenvalue weighted by Crippen LogP contribution is 2.24. The van der Waals surface area contributed by atoms with E-state index in [0.29, 0.717) is 17.9 Å². The van der Waals surface area contributed by atoms with Gasteiger partial charge in [-0.2, -0.15) is 0 Å². The van der Waals surface area contributed by atoms with Crippen LogP contribution in [0.2, 0.25) is 0 Å². The van der Waals surface area contributed by atoms with Crippen LogP contribution in [0.15, 0.2) is 72.8 Å². The largest absolute Gasteiger partial charge is 0.491 e. The van der Waals surface area contributed by atoms with Crippen LogP contribution in [-0.4, -0.2) is 35.2 Å². The predicted molar refractivity (Wildman–Crippen MR) is 120 cm³/mol. The van der Waals surface area contributed by atoms with E-state index in [9.17, 15) is 4.79 Å². The van der Waals surface area contributed by atoms with Crippen molar-refractivity contribution < 1.29 is 14.3 Å². The summed E-state index contributed by atoms with van der Waals surface area (Å²) in [5, 5.41) is 2.96. The van der Waals surface area contributed by atoms with E-state index < -0.39 is 0 Å². The van der Waals surface area contributed by atoms with E-state index in [1.54, 1.807) is 12.1 Å². The van der Waals surface area contributed by atoms with Crippen LogP contribution in [0.5, 0.6) is 5.75 Å². The maximum absolute atomic E-state index is 12.7. The summed E-state index contributed by atoms with van der Waals surface area (Å²) in [6.07, 6.45) is 2.29. The van der Waals surface area contributed by atoms with Crippen molar-refractivity contribution in [3.05, 3.63) is 78.4 Å². The Morgan fingerprint density at radius 3 is 2.77 bits per heavy atom. The van der Waals surface area contributed by atoms with Crippen LogP contribution in [0.1, 0.15) is 23.2 Å². The molecular formula is C25H23N3O3. The minimum absolute atomic E-state index is 0.169. The number of rotatable bonds is 6. The van der Waals surface area contributed by atoms with Crippen molar-refractivity contribution in [1.82, 2.24) is 9.97 Å². The molecule has 0 radical (unpaired) electrons. The molecule has 3 aromatic carbocycles. The molecule has 31 heavy (non-hydrogen) atoms. The lowest BCUT2D eigenvalue weighted by molar-refractivity contribution is 0.0679. The van der Waals surface area contributed by atoms with Gasteiger partial charge in [-0.3, -0.25) is 4.79 Å². The molecule has 1 atom stereocenters. The monoisotopic (exact) mass is 413 g/mol. The van der Waals surface area contributed by atoms with Gasteiger partial charge in [0.15, 0.2) is 0 Å². The third-order valence-corrected chi connectivity index (χ3v) is 5.36. The Morgan fingerprint density at radius 1 is 1.10 bits per heavy atom. The standard InChI is InChI=1S/C25H23N3O3/c29-25(17-10-12-20(13-11-17)31-16-21-7-4-14-30-21)26-19-6-3-5-18(15-19)24-27-22-8-1-2-9-23(22)28-24/h1-3,5-6,8-13,15,21H,4,7,14,16H2,(H,26,29)(H,27,28). The molecule has 2 N–H and O–H groups in total. The number of para-hydroxylation sites is 2. The molecule has 6 nitrogen and oxygen atoms in total. The molecular weight excluding hydrogens is 390 g/mol. The van der Waals surface area contributed by atoms with Gasteiger partial charge >= 0.3 is 0 Å². The number of hydrogen-bond donors (Lipinski definition) is 2. The van der Waals surface area contributed by atoms with Crippen molar-refractivity contribution in [3.63, 3.8) is 0 Å². The number of aromatic amines is 1. The third-order valence-electron chi connectivity index (χ3n) is 5.36. The van der Waals surface area contributed by atoms with Gasteiger partial charge in [0.1, 0.15) is 18.2 Å². The van der Waals surface area contributed by atoms with Crippen molar-refractivity contribution in [2.75, 3.05) is 18.5 Å². The lowest BCUT2D eigenvalue weighted by Gasteiger charge is -2.12. The van der Waals surface area contributed by atoms with E-state index in [1.807, 2.05) is 60.7 Å². The van der Waals surface area contributed by atoms with E-state index in [0.717, 1.165) is 47.6 Å². The zero-order valence-corrected chi connectivity index (χ0v) is 17.0. The smallest absolute Gasteiger partial charge is 0.255 e. The normalized spacial score (nSPS) is 15.8. The van der Waals surface area contributed by atoms with Gasteiger partial charge in [-0.25, -0.2) is 4.98 Å². The van der Waals surface area contributed by atoms with Gasteiger partial charge in [-0.15, -0.1) is 0 Å². The molecule has 0 saturated carbocycles. The van der Waals surface area contributed by atoms with Gasteiger partial charge in [-0.1, -0.05) is 24.3 Å². The summed E-state index contributed by atoms with van der Waals surface area (Å²) < 4.78 is 11.3. The molecule has 1 saturated heterocycles. The van der Waals surface area contributed by atoms with Gasteiger partial charge in [0.05, 0.1) is 17.1 Å². The second-order valence-electron chi connectivity index (χ2n) is 7.61. The first kappa shape index (κ1) is 19.3. The van der Waals surface area contributed by atoms with Crippen molar-refractivity contribution in [3.8, 4) is 17.1 Å². The Labute approximate surface area is 180 Å². The molecule has 1 aromatic heterocycles. The zero-order chi connectivity index (χ0) is 21.0. The molecule has 4 aromatic rings. The Kier molecular flexibility index (Phi) is 5.37. The SMILES string of the molecule is O=C(Nc1cccc(-c2nc3ccccc3[nH]2)c1)c1ccc(OCC2CCCO2)cc1. The predicted octanol–water partition coefficient (Wildman–Crippen LogP) is 5.04. The maximum Gasteiger partial charge on any atom is 0.255 e. The lowest BCUT2D eigenvalue weighted by Crippen LogP contribution is -2.16. The summed E-state index contributed by atoms with van der Waals surface area (Å²) >= 11 is 0. The van der Waals surface area contributed by atoms with E-state index in [1.165, 1.54) is 0 Å². The topological polar surface area (TPSA) is 76.2 Å². The first-order valence-electron chi connectivity index (χ1n) is 10.5. The first-order chi connectivity index (χ1) is 15.2. The Morgan fingerprint density at radius 2 is 1.97 bits per heavy atom. The van der Waals surface area contributed by atoms with Gasteiger partial charge in [0.25, 0.3) is 5.91 Å². The van der Waals surface area contributed by atoms with Crippen LogP contribution >= 0.6 is 0 Å². The van der Waals surface area contributed by atoms with Crippen LogP contribution in [0, 0.1) is 0 Å². The van der Waals surface area contributed by atoms with Crippen molar-refractivity contribution in [1.29, 1.82) is 0 Å². The van der Waals surface area contributed by atoms with Gasteiger partial charge in [0.2, 0.25) is 0 Å². The molecule has 1 amide bonds. The van der Waals surface area contributed by atoms with Gasteiger partial charge in [0, 0.05) is 23.4 Å². The molecule has 1 aliphatic rings. The average molecular weight is 413 g/mol. The summed E-state index contributed by atoms with van der Waals surface area (Å²) in [5.41, 5.74) is 4.08. The molecule has 0 spiro atoms. The Balaban J connectivity index is 1.25. The summed E-state index contributed by atoms with van der Waals surface area (Å²) in [6.45, 7) is 1.35. The van der Waals surface area contributed by atoms with Gasteiger partial charge in [-0.05, 0) is 61.4 Å². The highest BCUT2D eigenvalue weighted by molar-refractivity contribution is 6.04. The van der Waals surface area contributed by atoms with Crippen LogP contribution in [0.25, 0.3) is 22.4 Å². The number of carbonyl (C=O) groups excluding carboxylic acids is 1. The number of anilines is 1. The summed E-state index contributed by atoms with van der Waals surface area (Å²) in [7, 11) is 0. The molecule has 156 valence electrons. The van der Waals surface area contributed by atoms with Crippen LogP contribution in [-0.2, 0) is 4.74 Å². The van der Waals surface area contributed by atoms with Crippen molar-refractivity contribution in [2.45, 2.75) is 18.9 Å². The Bertz CT molecular complexity index is 1160. The lowest BCUT2D eigenvalue weighted by atomic mass is 10.1. The maximum atomic E-state index is 12.7. The van der Waals surface area contributed by atoms with Crippen molar-refractivity contribution >= 4 is 22.6 Å². The summed E-state index contributed by atoms with van der Waals surface area (Å²) in [4.78, 5) is 20.6. The van der Waals surface area contributed by atoms with E-state index in [4.69, 9.17) is 9.47 Å². The number of hydrogen-bond acceptors (Lipinski definition) is 4. The number of ether oxygens (including phenoxy) is 2. The molecule has 5 rings (SSSR count).